The highest BCUT2D eigenvalue weighted by Crippen LogP contribution is 2.23. The highest BCUT2D eigenvalue weighted by atomic mass is 16.5. The largest absolute Gasteiger partial charge is 0.507 e. The zero-order valence-electron chi connectivity index (χ0n) is 20.5. The summed E-state index contributed by atoms with van der Waals surface area (Å²) >= 11 is 0. The third kappa shape index (κ3) is 10.8. The van der Waals surface area contributed by atoms with Gasteiger partial charge in [-0.1, -0.05) is 43.7 Å². The zero-order valence-corrected chi connectivity index (χ0v) is 20.5. The number of benzene rings is 2. The first-order chi connectivity index (χ1) is 17.8. The van der Waals surface area contributed by atoms with E-state index < -0.39 is 30.6 Å². The van der Waals surface area contributed by atoms with Crippen molar-refractivity contribution in [3.63, 3.8) is 0 Å². The predicted molar refractivity (Wildman–Crippen MR) is 133 cm³/mol. The zero-order chi connectivity index (χ0) is 27.0. The van der Waals surface area contributed by atoms with Crippen molar-refractivity contribution in [1.29, 1.82) is 0 Å². The maximum atomic E-state index is 12.4. The number of hydrogen-bond donors (Lipinski definition) is 6. The lowest BCUT2D eigenvalue weighted by atomic mass is 10.1. The molecule has 12 heteroatoms. The van der Waals surface area contributed by atoms with Crippen LogP contribution in [0.3, 0.4) is 0 Å². The number of amides is 4. The van der Waals surface area contributed by atoms with Crippen LogP contribution in [0.4, 0.5) is 9.59 Å². The Morgan fingerprint density at radius 3 is 2.41 bits per heavy atom. The molecule has 37 heavy (non-hydrogen) atoms. The lowest BCUT2D eigenvalue weighted by Gasteiger charge is -2.16. The van der Waals surface area contributed by atoms with E-state index in [4.69, 9.17) is 9.47 Å². The number of alkyl carbamates (subject to hydrolysis) is 1. The number of rotatable bonds is 14. The van der Waals surface area contributed by atoms with Crippen molar-refractivity contribution in [3.05, 3.63) is 59.7 Å². The fourth-order valence-electron chi connectivity index (χ4n) is 2.95. The third-order valence-corrected chi connectivity index (χ3v) is 4.95. The number of carboxylic acid groups (broad SMARTS) is 1. The lowest BCUT2D eigenvalue weighted by Crippen LogP contribution is -2.48. The van der Waals surface area contributed by atoms with Gasteiger partial charge < -0.3 is 41.0 Å². The summed E-state index contributed by atoms with van der Waals surface area (Å²) in [7, 11) is 0. The number of ether oxygens (including phenoxy) is 2. The highest BCUT2D eigenvalue weighted by Gasteiger charge is 2.22. The summed E-state index contributed by atoms with van der Waals surface area (Å²) in [6.45, 7) is 2.35. The van der Waals surface area contributed by atoms with Crippen LogP contribution in [0.1, 0.15) is 35.7 Å². The van der Waals surface area contributed by atoms with E-state index in [1.165, 1.54) is 18.2 Å². The SMILES string of the molecule is CCCCOC(=O)N[C@@H](CNC(=O)c1ccc(OCCNC(=O)NCc2ccccc2)cc1O)C(=O)O. The average molecular weight is 517 g/mol. The molecule has 1 atom stereocenters. The molecule has 6 N–H and O–H groups in total. The lowest BCUT2D eigenvalue weighted by molar-refractivity contribution is -0.139. The molecule has 0 aliphatic rings. The first kappa shape index (κ1) is 28.8. The van der Waals surface area contributed by atoms with Gasteiger partial charge in [-0.15, -0.1) is 0 Å². The second kappa shape index (κ2) is 15.5. The fourth-order valence-corrected chi connectivity index (χ4v) is 2.95. The van der Waals surface area contributed by atoms with Crippen LogP contribution < -0.4 is 26.0 Å². The number of hydrogen-bond acceptors (Lipinski definition) is 7. The number of nitrogens with one attached hydrogen (secondary N) is 4. The van der Waals surface area contributed by atoms with Gasteiger partial charge >= 0.3 is 18.1 Å². The molecule has 0 bridgehead atoms. The third-order valence-electron chi connectivity index (χ3n) is 4.95. The summed E-state index contributed by atoms with van der Waals surface area (Å²) in [5, 5.41) is 29.4. The van der Waals surface area contributed by atoms with Gasteiger partial charge in [-0.2, -0.15) is 0 Å². The van der Waals surface area contributed by atoms with Gasteiger partial charge in [-0.05, 0) is 24.1 Å². The molecule has 0 heterocycles. The topological polar surface area (TPSA) is 175 Å². The summed E-state index contributed by atoms with van der Waals surface area (Å²) in [4.78, 5) is 47.3. The molecule has 0 radical (unpaired) electrons. The maximum Gasteiger partial charge on any atom is 0.407 e. The molecule has 0 aliphatic heterocycles. The minimum absolute atomic E-state index is 0.111. The van der Waals surface area contributed by atoms with Crippen molar-refractivity contribution in [3.8, 4) is 11.5 Å². The van der Waals surface area contributed by atoms with Crippen LogP contribution in [0.2, 0.25) is 0 Å². The number of phenolic OH excluding ortho intramolecular Hbond substituents is 1. The van der Waals surface area contributed by atoms with Gasteiger partial charge in [0.1, 0.15) is 24.1 Å². The molecule has 0 saturated heterocycles. The molecule has 0 aromatic heterocycles. The van der Waals surface area contributed by atoms with E-state index in [9.17, 15) is 29.4 Å². The number of aromatic hydroxyl groups is 1. The van der Waals surface area contributed by atoms with E-state index in [1.807, 2.05) is 37.3 Å². The number of carbonyl (C=O) groups is 4. The van der Waals surface area contributed by atoms with E-state index in [0.29, 0.717) is 13.0 Å². The second-order valence-electron chi connectivity index (χ2n) is 7.86. The van der Waals surface area contributed by atoms with Crippen LogP contribution in [0, 0.1) is 0 Å². The smallest absolute Gasteiger partial charge is 0.407 e. The first-order valence-corrected chi connectivity index (χ1v) is 11.8. The van der Waals surface area contributed by atoms with Crippen LogP contribution in [0.15, 0.2) is 48.5 Å². The summed E-state index contributed by atoms with van der Waals surface area (Å²) in [6.07, 6.45) is 0.548. The Bertz CT molecular complexity index is 1050. The van der Waals surface area contributed by atoms with Crippen molar-refractivity contribution < 1.29 is 38.9 Å². The Hall–Kier alpha value is -4.48. The Labute approximate surface area is 214 Å². The quantitative estimate of drug-likeness (QED) is 0.207. The van der Waals surface area contributed by atoms with Crippen molar-refractivity contribution in [2.75, 3.05) is 26.3 Å². The summed E-state index contributed by atoms with van der Waals surface area (Å²) in [5.41, 5.74) is 0.855. The number of unbranched alkanes of at least 4 members (excludes halogenated alkanes) is 1. The average Bonchev–Trinajstić information content (AvgIpc) is 2.88. The van der Waals surface area contributed by atoms with Crippen LogP contribution in [-0.4, -0.2) is 66.6 Å². The van der Waals surface area contributed by atoms with Gasteiger partial charge in [0.05, 0.1) is 18.7 Å². The summed E-state index contributed by atoms with van der Waals surface area (Å²) in [5.74, 6) is -2.22. The number of carbonyl (C=O) groups excluding carboxylic acids is 3. The monoisotopic (exact) mass is 516 g/mol. The molecular formula is C25H32N4O8. The fraction of sp³-hybridized carbons (Fsp3) is 0.360. The molecule has 2 rings (SSSR count). The molecule has 0 fully saturated rings. The molecular weight excluding hydrogens is 484 g/mol. The molecule has 200 valence electrons. The van der Waals surface area contributed by atoms with Crippen LogP contribution in [-0.2, 0) is 16.1 Å². The maximum absolute atomic E-state index is 12.4. The molecule has 0 aliphatic carbocycles. The second-order valence-corrected chi connectivity index (χ2v) is 7.86. The standard InChI is InChI=1S/C25H32N4O8/c1-2-3-12-37-25(35)29-20(23(32)33)16-27-22(31)19-10-9-18(14-21(19)30)36-13-11-26-24(34)28-15-17-7-5-4-6-8-17/h4-10,14,20,30H,2-3,11-13,15-16H2,1H3,(H,27,31)(H,29,35)(H,32,33)(H2,26,28,34)/t20-/m0/s1. The van der Waals surface area contributed by atoms with Crippen LogP contribution in [0.5, 0.6) is 11.5 Å². The van der Waals surface area contributed by atoms with E-state index in [1.54, 1.807) is 0 Å². The van der Waals surface area contributed by atoms with Crippen molar-refractivity contribution in [2.45, 2.75) is 32.4 Å². The Morgan fingerprint density at radius 2 is 1.73 bits per heavy atom. The van der Waals surface area contributed by atoms with Gasteiger partial charge in [-0.3, -0.25) is 4.79 Å². The minimum atomic E-state index is -1.42. The Kier molecular flexibility index (Phi) is 12.0. The number of urea groups is 1. The van der Waals surface area contributed by atoms with Gasteiger partial charge in [0, 0.05) is 19.2 Å². The van der Waals surface area contributed by atoms with Gasteiger partial charge in [0.2, 0.25) is 0 Å². The predicted octanol–water partition coefficient (Wildman–Crippen LogP) is 1.98. The van der Waals surface area contributed by atoms with Crippen molar-refractivity contribution in [1.82, 2.24) is 21.3 Å². The normalized spacial score (nSPS) is 11.1. The molecule has 0 saturated carbocycles. The number of phenols is 1. The Morgan fingerprint density at radius 1 is 0.973 bits per heavy atom. The highest BCUT2D eigenvalue weighted by molar-refractivity contribution is 5.97. The molecule has 2 aromatic carbocycles. The molecule has 2 aromatic rings. The van der Waals surface area contributed by atoms with Crippen LogP contribution >= 0.6 is 0 Å². The molecule has 12 nitrogen and oxygen atoms in total. The van der Waals surface area contributed by atoms with E-state index >= 15 is 0 Å². The molecule has 0 spiro atoms. The molecule has 4 amide bonds. The van der Waals surface area contributed by atoms with Crippen molar-refractivity contribution in [2.24, 2.45) is 0 Å². The van der Waals surface area contributed by atoms with Gasteiger partial charge in [0.25, 0.3) is 5.91 Å². The number of aliphatic carboxylic acids is 1. The van der Waals surface area contributed by atoms with Crippen LogP contribution in [0.25, 0.3) is 0 Å². The van der Waals surface area contributed by atoms with Crippen molar-refractivity contribution >= 4 is 24.0 Å². The minimum Gasteiger partial charge on any atom is -0.507 e. The van der Waals surface area contributed by atoms with E-state index in [0.717, 1.165) is 12.0 Å². The van der Waals surface area contributed by atoms with E-state index in [-0.39, 0.29) is 42.9 Å². The summed E-state index contributed by atoms with van der Waals surface area (Å²) < 4.78 is 10.3. The van der Waals surface area contributed by atoms with Gasteiger partial charge in [0.15, 0.2) is 0 Å². The summed E-state index contributed by atoms with van der Waals surface area (Å²) in [6, 6.07) is 11.6. The Balaban J connectivity index is 1.75. The molecule has 0 unspecified atom stereocenters. The number of carboxylic acids is 1. The van der Waals surface area contributed by atoms with Gasteiger partial charge in [-0.25, -0.2) is 14.4 Å². The first-order valence-electron chi connectivity index (χ1n) is 11.8. The van der Waals surface area contributed by atoms with E-state index in [2.05, 4.69) is 21.3 Å².